The van der Waals surface area contributed by atoms with Crippen LogP contribution in [0, 0.1) is 6.92 Å². The Morgan fingerprint density at radius 3 is 2.68 bits per heavy atom. The van der Waals surface area contributed by atoms with Crippen LogP contribution in [0.5, 0.6) is 0 Å². The van der Waals surface area contributed by atoms with Crippen molar-refractivity contribution >= 4 is 11.8 Å². The topological polar surface area (TPSA) is 66.3 Å². The average Bonchev–Trinajstić information content (AvgIpc) is 2.39. The lowest BCUT2D eigenvalue weighted by Crippen LogP contribution is -2.22. The molecular formula is C14H15N3O2. The first-order valence-corrected chi connectivity index (χ1v) is 5.89. The molecule has 0 saturated heterocycles. The van der Waals surface area contributed by atoms with Crippen LogP contribution in [0.25, 0.3) is 0 Å². The molecule has 2 heterocycles. The smallest absolute Gasteiger partial charge is 0.339 e. The third-order valence-electron chi connectivity index (χ3n) is 2.84. The molecule has 0 aliphatic heterocycles. The molecule has 0 aliphatic rings. The quantitative estimate of drug-likeness (QED) is 0.908. The van der Waals surface area contributed by atoms with Gasteiger partial charge < -0.3 is 10.0 Å². The number of carbonyl (C=O) groups is 1. The van der Waals surface area contributed by atoms with Crippen molar-refractivity contribution in [1.29, 1.82) is 0 Å². The summed E-state index contributed by atoms with van der Waals surface area (Å²) in [4.78, 5) is 21.5. The molecule has 2 rings (SSSR count). The number of anilines is 1. The maximum atomic E-state index is 11.3. The standard InChI is InChI=1S/C14H15N3O2/c1-10-6-8-16-13(12(10)14(18)19)17(2)9-11-5-3-4-7-15-11/h3-8H,9H2,1-2H3,(H,18,19). The van der Waals surface area contributed by atoms with Crippen LogP contribution in [0.3, 0.4) is 0 Å². The van der Waals surface area contributed by atoms with Crippen LogP contribution < -0.4 is 4.90 Å². The second-order valence-corrected chi connectivity index (χ2v) is 4.31. The highest BCUT2D eigenvalue weighted by Gasteiger charge is 2.17. The Hall–Kier alpha value is -2.43. The van der Waals surface area contributed by atoms with Gasteiger partial charge in [-0.05, 0) is 30.7 Å². The molecule has 0 bridgehead atoms. The van der Waals surface area contributed by atoms with Gasteiger partial charge in [-0.15, -0.1) is 0 Å². The largest absolute Gasteiger partial charge is 0.478 e. The minimum absolute atomic E-state index is 0.237. The SMILES string of the molecule is Cc1ccnc(N(C)Cc2ccccn2)c1C(=O)O. The van der Waals surface area contributed by atoms with E-state index in [1.807, 2.05) is 25.2 Å². The van der Waals surface area contributed by atoms with Crippen LogP contribution >= 0.6 is 0 Å². The predicted octanol–water partition coefficient (Wildman–Crippen LogP) is 2.12. The summed E-state index contributed by atoms with van der Waals surface area (Å²) in [6.45, 7) is 2.28. The molecule has 0 saturated carbocycles. The van der Waals surface area contributed by atoms with Gasteiger partial charge in [0.1, 0.15) is 11.4 Å². The summed E-state index contributed by atoms with van der Waals surface area (Å²) < 4.78 is 0. The van der Waals surface area contributed by atoms with E-state index in [4.69, 9.17) is 0 Å². The third-order valence-corrected chi connectivity index (χ3v) is 2.84. The fourth-order valence-corrected chi connectivity index (χ4v) is 1.91. The molecule has 0 radical (unpaired) electrons. The monoisotopic (exact) mass is 257 g/mol. The van der Waals surface area contributed by atoms with E-state index in [1.165, 1.54) is 0 Å². The van der Waals surface area contributed by atoms with Crippen molar-refractivity contribution in [1.82, 2.24) is 9.97 Å². The second-order valence-electron chi connectivity index (χ2n) is 4.31. The number of pyridine rings is 2. The number of carboxylic acids is 1. The summed E-state index contributed by atoms with van der Waals surface area (Å²) in [5.41, 5.74) is 1.80. The highest BCUT2D eigenvalue weighted by Crippen LogP contribution is 2.21. The number of rotatable bonds is 4. The molecular weight excluding hydrogens is 242 g/mol. The Morgan fingerprint density at radius 1 is 1.26 bits per heavy atom. The predicted molar refractivity (Wildman–Crippen MR) is 72.3 cm³/mol. The van der Waals surface area contributed by atoms with Crippen LogP contribution in [0.2, 0.25) is 0 Å². The molecule has 5 nitrogen and oxygen atoms in total. The first kappa shape index (κ1) is 13.0. The van der Waals surface area contributed by atoms with E-state index in [0.717, 1.165) is 5.69 Å². The molecule has 0 spiro atoms. The van der Waals surface area contributed by atoms with Crippen molar-refractivity contribution in [3.8, 4) is 0 Å². The Labute approximate surface area is 111 Å². The van der Waals surface area contributed by atoms with Crippen molar-refractivity contribution in [2.24, 2.45) is 0 Å². The summed E-state index contributed by atoms with van der Waals surface area (Å²) in [6, 6.07) is 7.34. The van der Waals surface area contributed by atoms with Crippen LogP contribution in [-0.2, 0) is 6.54 Å². The molecule has 0 aromatic carbocycles. The first-order chi connectivity index (χ1) is 9.09. The summed E-state index contributed by atoms with van der Waals surface area (Å²) >= 11 is 0. The maximum Gasteiger partial charge on any atom is 0.339 e. The van der Waals surface area contributed by atoms with E-state index < -0.39 is 5.97 Å². The lowest BCUT2D eigenvalue weighted by atomic mass is 10.1. The van der Waals surface area contributed by atoms with Gasteiger partial charge in [0.2, 0.25) is 0 Å². The van der Waals surface area contributed by atoms with Crippen LogP contribution in [-0.4, -0.2) is 28.1 Å². The molecule has 5 heteroatoms. The molecule has 98 valence electrons. The highest BCUT2D eigenvalue weighted by atomic mass is 16.4. The van der Waals surface area contributed by atoms with Crippen molar-refractivity contribution in [3.63, 3.8) is 0 Å². The fourth-order valence-electron chi connectivity index (χ4n) is 1.91. The zero-order valence-corrected chi connectivity index (χ0v) is 10.9. The van der Waals surface area contributed by atoms with Crippen molar-refractivity contribution in [2.75, 3.05) is 11.9 Å². The zero-order chi connectivity index (χ0) is 13.8. The molecule has 0 amide bonds. The molecule has 0 unspecified atom stereocenters. The number of nitrogens with zero attached hydrogens (tertiary/aromatic N) is 3. The number of carboxylic acid groups (broad SMARTS) is 1. The van der Waals surface area contributed by atoms with Crippen molar-refractivity contribution in [3.05, 3.63) is 53.5 Å². The number of hydrogen-bond acceptors (Lipinski definition) is 4. The van der Waals surface area contributed by atoms with Gasteiger partial charge in [-0.3, -0.25) is 4.98 Å². The number of hydrogen-bond donors (Lipinski definition) is 1. The van der Waals surface area contributed by atoms with E-state index in [1.54, 1.807) is 30.3 Å². The lowest BCUT2D eigenvalue weighted by molar-refractivity contribution is 0.0696. The van der Waals surface area contributed by atoms with E-state index in [0.29, 0.717) is 17.9 Å². The minimum atomic E-state index is -0.964. The van der Waals surface area contributed by atoms with E-state index in [-0.39, 0.29) is 5.56 Å². The average molecular weight is 257 g/mol. The van der Waals surface area contributed by atoms with Crippen molar-refractivity contribution in [2.45, 2.75) is 13.5 Å². The van der Waals surface area contributed by atoms with Crippen molar-refractivity contribution < 1.29 is 9.90 Å². The van der Waals surface area contributed by atoms with Gasteiger partial charge in [0, 0.05) is 19.4 Å². The normalized spacial score (nSPS) is 10.2. The summed E-state index contributed by atoms with van der Waals surface area (Å²) in [5, 5.41) is 9.28. The van der Waals surface area contributed by atoms with Gasteiger partial charge >= 0.3 is 5.97 Å². The second kappa shape index (κ2) is 5.48. The number of aromatic carboxylic acids is 1. The van der Waals surface area contributed by atoms with Gasteiger partial charge in [0.05, 0.1) is 12.2 Å². The Bertz CT molecular complexity index is 584. The minimum Gasteiger partial charge on any atom is -0.478 e. The molecule has 2 aromatic heterocycles. The fraction of sp³-hybridized carbons (Fsp3) is 0.214. The first-order valence-electron chi connectivity index (χ1n) is 5.89. The molecule has 1 N–H and O–H groups in total. The number of aromatic nitrogens is 2. The van der Waals surface area contributed by atoms with E-state index in [2.05, 4.69) is 9.97 Å². The van der Waals surface area contributed by atoms with Gasteiger partial charge in [0.25, 0.3) is 0 Å². The van der Waals surface area contributed by atoms with Crippen LogP contribution in [0.4, 0.5) is 5.82 Å². The van der Waals surface area contributed by atoms with Gasteiger partial charge in [-0.25, -0.2) is 9.78 Å². The Balaban J connectivity index is 2.31. The molecule has 0 atom stereocenters. The van der Waals surface area contributed by atoms with E-state index in [9.17, 15) is 9.90 Å². The van der Waals surface area contributed by atoms with Gasteiger partial charge in [-0.1, -0.05) is 6.07 Å². The van der Waals surface area contributed by atoms with Gasteiger partial charge in [0.15, 0.2) is 0 Å². The van der Waals surface area contributed by atoms with Crippen LogP contribution in [0.15, 0.2) is 36.7 Å². The zero-order valence-electron chi connectivity index (χ0n) is 10.9. The van der Waals surface area contributed by atoms with E-state index >= 15 is 0 Å². The Kier molecular flexibility index (Phi) is 3.75. The Morgan fingerprint density at radius 2 is 2.05 bits per heavy atom. The summed E-state index contributed by atoms with van der Waals surface area (Å²) in [5.74, 6) is -0.508. The summed E-state index contributed by atoms with van der Waals surface area (Å²) in [7, 11) is 1.81. The molecule has 0 fully saturated rings. The lowest BCUT2D eigenvalue weighted by Gasteiger charge is -2.20. The third kappa shape index (κ3) is 2.88. The van der Waals surface area contributed by atoms with Gasteiger partial charge in [-0.2, -0.15) is 0 Å². The maximum absolute atomic E-state index is 11.3. The highest BCUT2D eigenvalue weighted by molar-refractivity contribution is 5.94. The molecule has 0 aliphatic carbocycles. The van der Waals surface area contributed by atoms with Crippen LogP contribution in [0.1, 0.15) is 21.6 Å². The molecule has 19 heavy (non-hydrogen) atoms. The molecule has 2 aromatic rings. The summed E-state index contributed by atoms with van der Waals surface area (Å²) in [6.07, 6.45) is 3.33. The number of aryl methyl sites for hydroxylation is 1.